The van der Waals surface area contributed by atoms with Gasteiger partial charge in [0.1, 0.15) is 0 Å². The lowest BCUT2D eigenvalue weighted by Crippen LogP contribution is -2.40. The standard InChI is InChI=1S/C6H15N3O2S2/c1-5(6(7)12)4-9(3)13(10,11)8-2/h5,8H,4H2,1-3H3,(H2,7,12). The zero-order chi connectivity index (χ0) is 10.6. The zero-order valence-electron chi connectivity index (χ0n) is 7.94. The van der Waals surface area contributed by atoms with Crippen molar-refractivity contribution < 1.29 is 8.42 Å². The molecule has 0 heterocycles. The lowest BCUT2D eigenvalue weighted by atomic mass is 10.2. The van der Waals surface area contributed by atoms with E-state index in [0.717, 1.165) is 0 Å². The number of rotatable bonds is 5. The van der Waals surface area contributed by atoms with Crippen LogP contribution in [0.5, 0.6) is 0 Å². The maximum Gasteiger partial charge on any atom is 0.278 e. The van der Waals surface area contributed by atoms with Crippen LogP contribution in [0.2, 0.25) is 0 Å². The molecule has 0 spiro atoms. The van der Waals surface area contributed by atoms with Gasteiger partial charge in [0.15, 0.2) is 0 Å². The van der Waals surface area contributed by atoms with Crippen molar-refractivity contribution in [1.29, 1.82) is 0 Å². The maximum atomic E-state index is 11.2. The molecule has 3 N–H and O–H groups in total. The number of hydrogen-bond donors (Lipinski definition) is 2. The minimum absolute atomic E-state index is 0.122. The summed E-state index contributed by atoms with van der Waals surface area (Å²) >= 11 is 4.73. The Hall–Kier alpha value is -0.240. The first kappa shape index (κ1) is 12.8. The van der Waals surface area contributed by atoms with Gasteiger partial charge in [0, 0.05) is 26.6 Å². The summed E-state index contributed by atoms with van der Waals surface area (Å²) in [5.74, 6) is -0.122. The minimum atomic E-state index is -3.36. The molecule has 13 heavy (non-hydrogen) atoms. The highest BCUT2D eigenvalue weighted by Gasteiger charge is 2.18. The maximum absolute atomic E-state index is 11.2. The Morgan fingerprint density at radius 2 is 2.15 bits per heavy atom. The molecule has 1 atom stereocenters. The van der Waals surface area contributed by atoms with Gasteiger partial charge >= 0.3 is 0 Å². The van der Waals surface area contributed by atoms with Crippen molar-refractivity contribution in [3.8, 4) is 0 Å². The van der Waals surface area contributed by atoms with E-state index in [1.54, 1.807) is 6.92 Å². The summed E-state index contributed by atoms with van der Waals surface area (Å²) in [6.07, 6.45) is 0. The van der Waals surface area contributed by atoms with Crippen molar-refractivity contribution in [3.63, 3.8) is 0 Å². The van der Waals surface area contributed by atoms with Crippen molar-refractivity contribution in [3.05, 3.63) is 0 Å². The summed E-state index contributed by atoms with van der Waals surface area (Å²) in [5, 5.41) is 0. The van der Waals surface area contributed by atoms with Crippen molar-refractivity contribution in [2.45, 2.75) is 6.92 Å². The average Bonchev–Trinajstić information content (AvgIpc) is 2.04. The molecule has 0 rings (SSSR count). The molecule has 0 aliphatic carbocycles. The first-order chi connectivity index (χ1) is 5.81. The fourth-order valence-corrected chi connectivity index (χ4v) is 1.54. The number of nitrogens with one attached hydrogen (secondary N) is 1. The molecule has 0 radical (unpaired) electrons. The fourth-order valence-electron chi connectivity index (χ4n) is 0.730. The smallest absolute Gasteiger partial charge is 0.278 e. The predicted molar refractivity (Wildman–Crippen MR) is 56.6 cm³/mol. The Balaban J connectivity index is 4.32. The highest BCUT2D eigenvalue weighted by atomic mass is 32.2. The quantitative estimate of drug-likeness (QED) is 0.607. The van der Waals surface area contributed by atoms with Gasteiger partial charge in [-0.2, -0.15) is 12.7 Å². The van der Waals surface area contributed by atoms with Crippen LogP contribution in [-0.2, 0) is 10.2 Å². The van der Waals surface area contributed by atoms with Crippen molar-refractivity contribution in [2.24, 2.45) is 11.7 Å². The van der Waals surface area contributed by atoms with E-state index in [-0.39, 0.29) is 5.92 Å². The van der Waals surface area contributed by atoms with E-state index < -0.39 is 10.2 Å². The molecule has 0 fully saturated rings. The van der Waals surface area contributed by atoms with Gasteiger partial charge in [-0.05, 0) is 0 Å². The van der Waals surface area contributed by atoms with Crippen LogP contribution >= 0.6 is 12.2 Å². The first-order valence-corrected chi connectivity index (χ1v) is 5.60. The van der Waals surface area contributed by atoms with E-state index in [9.17, 15) is 8.42 Å². The molecular formula is C6H15N3O2S2. The van der Waals surface area contributed by atoms with E-state index in [0.29, 0.717) is 11.5 Å². The highest BCUT2D eigenvalue weighted by Crippen LogP contribution is 2.01. The van der Waals surface area contributed by atoms with Gasteiger partial charge < -0.3 is 5.73 Å². The lowest BCUT2D eigenvalue weighted by molar-refractivity contribution is 0.439. The van der Waals surface area contributed by atoms with Gasteiger partial charge in [-0.3, -0.25) is 0 Å². The summed E-state index contributed by atoms with van der Waals surface area (Å²) < 4.78 is 25.8. The van der Waals surface area contributed by atoms with E-state index in [2.05, 4.69) is 4.72 Å². The topological polar surface area (TPSA) is 75.4 Å². The molecule has 0 aliphatic rings. The van der Waals surface area contributed by atoms with E-state index >= 15 is 0 Å². The van der Waals surface area contributed by atoms with Crippen LogP contribution in [0.1, 0.15) is 6.92 Å². The Morgan fingerprint density at radius 1 is 1.69 bits per heavy atom. The normalized spacial score (nSPS) is 14.5. The number of nitrogens with two attached hydrogens (primary N) is 1. The largest absolute Gasteiger partial charge is 0.393 e. The van der Waals surface area contributed by atoms with Crippen LogP contribution in [0, 0.1) is 5.92 Å². The second kappa shape index (κ2) is 4.85. The number of hydrogen-bond acceptors (Lipinski definition) is 3. The van der Waals surface area contributed by atoms with Gasteiger partial charge in [-0.25, -0.2) is 4.72 Å². The summed E-state index contributed by atoms with van der Waals surface area (Å²) in [5.41, 5.74) is 5.36. The van der Waals surface area contributed by atoms with Gasteiger partial charge in [0.05, 0.1) is 4.99 Å². The molecule has 78 valence electrons. The molecule has 0 amide bonds. The van der Waals surface area contributed by atoms with Gasteiger partial charge in [-0.15, -0.1) is 0 Å². The third-order valence-corrected chi connectivity index (χ3v) is 3.57. The van der Waals surface area contributed by atoms with Crippen molar-refractivity contribution in [1.82, 2.24) is 9.03 Å². The fraction of sp³-hybridized carbons (Fsp3) is 0.833. The average molecular weight is 225 g/mol. The van der Waals surface area contributed by atoms with Crippen LogP contribution in [0.4, 0.5) is 0 Å². The molecule has 0 aliphatic heterocycles. The van der Waals surface area contributed by atoms with Crippen LogP contribution in [0.25, 0.3) is 0 Å². The molecular weight excluding hydrogens is 210 g/mol. The minimum Gasteiger partial charge on any atom is -0.393 e. The third kappa shape index (κ3) is 3.99. The predicted octanol–water partition coefficient (Wildman–Crippen LogP) is -0.695. The summed E-state index contributed by atoms with van der Waals surface area (Å²) in [6.45, 7) is 2.07. The Labute approximate surface area is 84.5 Å². The Morgan fingerprint density at radius 3 is 2.46 bits per heavy atom. The second-order valence-electron chi connectivity index (χ2n) is 2.79. The molecule has 0 saturated carbocycles. The second-order valence-corrected chi connectivity index (χ2v) is 5.25. The first-order valence-electron chi connectivity index (χ1n) is 3.75. The van der Waals surface area contributed by atoms with Crippen LogP contribution < -0.4 is 10.5 Å². The van der Waals surface area contributed by atoms with Gasteiger partial charge in [-0.1, -0.05) is 19.1 Å². The van der Waals surface area contributed by atoms with Gasteiger partial charge in [0.25, 0.3) is 10.2 Å². The summed E-state index contributed by atoms with van der Waals surface area (Å²) in [6, 6.07) is 0. The molecule has 7 heteroatoms. The molecule has 0 aromatic rings. The Bertz CT molecular complexity index is 276. The zero-order valence-corrected chi connectivity index (χ0v) is 9.58. The van der Waals surface area contributed by atoms with E-state index in [1.807, 2.05) is 0 Å². The van der Waals surface area contributed by atoms with Gasteiger partial charge in [0.2, 0.25) is 0 Å². The van der Waals surface area contributed by atoms with E-state index in [4.69, 9.17) is 18.0 Å². The van der Waals surface area contributed by atoms with Crippen molar-refractivity contribution in [2.75, 3.05) is 20.6 Å². The molecule has 0 saturated heterocycles. The number of thiocarbonyl (C=S) groups is 1. The van der Waals surface area contributed by atoms with Crippen LogP contribution in [0.3, 0.4) is 0 Å². The van der Waals surface area contributed by atoms with E-state index in [1.165, 1.54) is 18.4 Å². The molecule has 0 aromatic carbocycles. The highest BCUT2D eigenvalue weighted by molar-refractivity contribution is 7.87. The number of nitrogens with zero attached hydrogens (tertiary/aromatic N) is 1. The summed E-state index contributed by atoms with van der Waals surface area (Å²) in [7, 11) is -0.527. The Kier molecular flexibility index (Phi) is 4.76. The monoisotopic (exact) mass is 225 g/mol. The SMILES string of the molecule is CNS(=O)(=O)N(C)CC(C)C(N)=S. The van der Waals surface area contributed by atoms with Crippen molar-refractivity contribution >= 4 is 27.4 Å². The molecule has 0 aromatic heterocycles. The van der Waals surface area contributed by atoms with Crippen LogP contribution in [-0.4, -0.2) is 38.4 Å². The van der Waals surface area contributed by atoms with Crippen LogP contribution in [0.15, 0.2) is 0 Å². The molecule has 1 unspecified atom stereocenters. The third-order valence-electron chi connectivity index (χ3n) is 1.68. The molecule has 5 nitrogen and oxygen atoms in total. The molecule has 0 bridgehead atoms. The lowest BCUT2D eigenvalue weighted by Gasteiger charge is -2.19. The summed E-state index contributed by atoms with van der Waals surface area (Å²) in [4.78, 5) is 0.318.